The largest absolute Gasteiger partial charge is 0.324 e. The predicted octanol–water partition coefficient (Wildman–Crippen LogP) is 0.643. The zero-order chi connectivity index (χ0) is 7.45. The molecule has 3 N–H and O–H groups in total. The minimum Gasteiger partial charge on any atom is -0.324 e. The Labute approximate surface area is 62.5 Å². The summed E-state index contributed by atoms with van der Waals surface area (Å²) >= 11 is 0. The van der Waals surface area contributed by atoms with Gasteiger partial charge in [-0.05, 0) is 26.3 Å². The van der Waals surface area contributed by atoms with E-state index in [9.17, 15) is 0 Å². The predicted molar refractivity (Wildman–Crippen MR) is 43.8 cm³/mol. The van der Waals surface area contributed by atoms with Gasteiger partial charge in [-0.15, -0.1) is 0 Å². The molecular formula is C8H16N2. The Hall–Kier alpha value is -0.340. The fourth-order valence-corrected chi connectivity index (χ4v) is 1.10. The number of rotatable bonds is 0. The molecule has 58 valence electrons. The fourth-order valence-electron chi connectivity index (χ4n) is 1.10. The van der Waals surface area contributed by atoms with Crippen LogP contribution in [0.1, 0.15) is 19.8 Å². The van der Waals surface area contributed by atoms with Crippen LogP contribution in [0.25, 0.3) is 0 Å². The molecule has 2 heteroatoms. The average Bonchev–Trinajstić information content (AvgIpc) is 1.81. The summed E-state index contributed by atoms with van der Waals surface area (Å²) in [5.41, 5.74) is 5.89. The van der Waals surface area contributed by atoms with E-state index >= 15 is 0 Å². The summed E-state index contributed by atoms with van der Waals surface area (Å²) in [4.78, 5) is 0. The van der Waals surface area contributed by atoms with Crippen molar-refractivity contribution in [2.75, 3.05) is 13.1 Å². The third-order valence-electron chi connectivity index (χ3n) is 1.77. The highest BCUT2D eigenvalue weighted by atomic mass is 14.9. The summed E-state index contributed by atoms with van der Waals surface area (Å²) in [5, 5.41) is 3.30. The lowest BCUT2D eigenvalue weighted by Crippen LogP contribution is -2.46. The Morgan fingerprint density at radius 2 is 2.30 bits per heavy atom. The molecule has 0 saturated heterocycles. The zero-order valence-electron chi connectivity index (χ0n) is 6.56. The van der Waals surface area contributed by atoms with Crippen molar-refractivity contribution in [2.24, 2.45) is 5.73 Å². The zero-order valence-corrected chi connectivity index (χ0v) is 6.56. The smallest absolute Gasteiger partial charge is 0.0287 e. The van der Waals surface area contributed by atoms with Crippen LogP contribution in [0, 0.1) is 0 Å². The van der Waals surface area contributed by atoms with Crippen LogP contribution >= 0.6 is 0 Å². The van der Waals surface area contributed by atoms with Gasteiger partial charge in [0.25, 0.3) is 0 Å². The monoisotopic (exact) mass is 140 g/mol. The van der Waals surface area contributed by atoms with Crippen molar-refractivity contribution in [1.29, 1.82) is 0 Å². The molecule has 0 aromatic carbocycles. The molecule has 0 aromatic heterocycles. The lowest BCUT2D eigenvalue weighted by atomic mass is 9.98. The Morgan fingerprint density at radius 3 is 3.10 bits per heavy atom. The first-order valence-corrected chi connectivity index (χ1v) is 3.85. The van der Waals surface area contributed by atoms with Crippen LogP contribution in [0.15, 0.2) is 12.2 Å². The van der Waals surface area contributed by atoms with Gasteiger partial charge in [0.15, 0.2) is 0 Å². The van der Waals surface area contributed by atoms with E-state index in [-0.39, 0.29) is 5.54 Å². The highest BCUT2D eigenvalue weighted by Gasteiger charge is 2.16. The second-order valence-electron chi connectivity index (χ2n) is 3.30. The highest BCUT2D eigenvalue weighted by Crippen LogP contribution is 2.06. The van der Waals surface area contributed by atoms with Crippen molar-refractivity contribution >= 4 is 0 Å². The summed E-state index contributed by atoms with van der Waals surface area (Å²) < 4.78 is 0. The number of nitrogens with one attached hydrogen (secondary N) is 1. The maximum absolute atomic E-state index is 5.93. The molecule has 1 atom stereocenters. The van der Waals surface area contributed by atoms with Crippen molar-refractivity contribution in [3.05, 3.63) is 12.2 Å². The summed E-state index contributed by atoms with van der Waals surface area (Å²) in [6.45, 7) is 4.07. The number of hydrogen-bond donors (Lipinski definition) is 2. The lowest BCUT2D eigenvalue weighted by molar-refractivity contribution is 0.429. The van der Waals surface area contributed by atoms with E-state index in [1.807, 2.05) is 0 Å². The molecule has 0 spiro atoms. The lowest BCUT2D eigenvalue weighted by Gasteiger charge is -2.24. The second kappa shape index (κ2) is 3.17. The number of nitrogens with two attached hydrogens (primary N) is 1. The Morgan fingerprint density at radius 1 is 1.50 bits per heavy atom. The summed E-state index contributed by atoms with van der Waals surface area (Å²) in [6.07, 6.45) is 6.49. The molecule has 1 unspecified atom stereocenters. The van der Waals surface area contributed by atoms with Crippen molar-refractivity contribution in [1.82, 2.24) is 5.32 Å². The van der Waals surface area contributed by atoms with E-state index in [0.29, 0.717) is 0 Å². The van der Waals surface area contributed by atoms with Crippen LogP contribution in [0.2, 0.25) is 0 Å². The second-order valence-corrected chi connectivity index (χ2v) is 3.30. The van der Waals surface area contributed by atoms with Crippen LogP contribution in [0.3, 0.4) is 0 Å². The van der Waals surface area contributed by atoms with Crippen LogP contribution in [0.5, 0.6) is 0 Å². The molecule has 1 rings (SSSR count). The van der Waals surface area contributed by atoms with Gasteiger partial charge in [-0.25, -0.2) is 0 Å². The molecule has 0 fully saturated rings. The van der Waals surface area contributed by atoms with Gasteiger partial charge in [-0.1, -0.05) is 12.2 Å². The van der Waals surface area contributed by atoms with Gasteiger partial charge < -0.3 is 11.1 Å². The molecule has 0 radical (unpaired) electrons. The van der Waals surface area contributed by atoms with E-state index in [4.69, 9.17) is 5.73 Å². The van der Waals surface area contributed by atoms with Gasteiger partial charge in [0.2, 0.25) is 0 Å². The molecule has 0 bridgehead atoms. The van der Waals surface area contributed by atoms with Crippen molar-refractivity contribution in [3.63, 3.8) is 0 Å². The minimum atomic E-state index is -0.0447. The first-order valence-electron chi connectivity index (χ1n) is 3.85. The molecule has 1 aliphatic heterocycles. The van der Waals surface area contributed by atoms with E-state index in [1.54, 1.807) is 0 Å². The molecule has 10 heavy (non-hydrogen) atoms. The van der Waals surface area contributed by atoms with Crippen LogP contribution in [-0.4, -0.2) is 18.6 Å². The van der Waals surface area contributed by atoms with Crippen molar-refractivity contribution in [2.45, 2.75) is 25.3 Å². The Kier molecular flexibility index (Phi) is 2.46. The Bertz CT molecular complexity index is 127. The van der Waals surface area contributed by atoms with Crippen LogP contribution in [0.4, 0.5) is 0 Å². The normalized spacial score (nSPS) is 38.2. The van der Waals surface area contributed by atoms with Gasteiger partial charge in [0, 0.05) is 12.1 Å². The van der Waals surface area contributed by atoms with Gasteiger partial charge in [0.05, 0.1) is 0 Å². The molecule has 1 heterocycles. The Balaban J connectivity index is 2.45. The number of hydrogen-bond acceptors (Lipinski definition) is 2. The van der Waals surface area contributed by atoms with Crippen molar-refractivity contribution in [3.8, 4) is 0 Å². The quantitative estimate of drug-likeness (QED) is 0.485. The molecule has 0 aromatic rings. The van der Waals surface area contributed by atoms with Gasteiger partial charge >= 0.3 is 0 Å². The third-order valence-corrected chi connectivity index (χ3v) is 1.77. The summed E-state index contributed by atoms with van der Waals surface area (Å²) in [5.74, 6) is 0. The van der Waals surface area contributed by atoms with Gasteiger partial charge in [-0.3, -0.25) is 0 Å². The van der Waals surface area contributed by atoms with E-state index in [2.05, 4.69) is 24.4 Å². The maximum atomic E-state index is 5.93. The minimum absolute atomic E-state index is 0.0447. The standard InChI is InChI=1S/C8H16N2/c1-8(9)5-3-2-4-6-10-7-8/h2-3,10H,4-7,9H2,1H3/b3-2-. The SMILES string of the molecule is CC1(N)C/C=C\CCNC1. The van der Waals surface area contributed by atoms with Gasteiger partial charge in [-0.2, -0.15) is 0 Å². The van der Waals surface area contributed by atoms with E-state index < -0.39 is 0 Å². The summed E-state index contributed by atoms with van der Waals surface area (Å²) in [7, 11) is 0. The average molecular weight is 140 g/mol. The summed E-state index contributed by atoms with van der Waals surface area (Å²) in [6, 6.07) is 0. The molecule has 1 aliphatic rings. The maximum Gasteiger partial charge on any atom is 0.0287 e. The first-order chi connectivity index (χ1) is 4.71. The molecule has 0 saturated carbocycles. The highest BCUT2D eigenvalue weighted by molar-refractivity contribution is 4.95. The van der Waals surface area contributed by atoms with Gasteiger partial charge in [0.1, 0.15) is 0 Å². The van der Waals surface area contributed by atoms with Crippen molar-refractivity contribution < 1.29 is 0 Å². The van der Waals surface area contributed by atoms with E-state index in [0.717, 1.165) is 25.9 Å². The van der Waals surface area contributed by atoms with Crippen LogP contribution in [-0.2, 0) is 0 Å². The van der Waals surface area contributed by atoms with Crippen LogP contribution < -0.4 is 11.1 Å². The topological polar surface area (TPSA) is 38.0 Å². The molecule has 0 amide bonds. The van der Waals surface area contributed by atoms with E-state index in [1.165, 1.54) is 0 Å². The molecule has 2 nitrogen and oxygen atoms in total. The first kappa shape index (κ1) is 7.76. The third kappa shape index (κ3) is 2.50. The fraction of sp³-hybridized carbons (Fsp3) is 0.750. The molecule has 0 aliphatic carbocycles. The molecular weight excluding hydrogens is 124 g/mol.